The van der Waals surface area contributed by atoms with Gasteiger partial charge >= 0.3 is 0 Å². The first-order chi connectivity index (χ1) is 14.6. The minimum absolute atomic E-state index is 0.126. The number of benzene rings is 1. The van der Waals surface area contributed by atoms with Gasteiger partial charge in [0.05, 0.1) is 0 Å². The van der Waals surface area contributed by atoms with Crippen LogP contribution < -0.4 is 0 Å². The van der Waals surface area contributed by atoms with Crippen molar-refractivity contribution in [3.05, 3.63) is 99.7 Å². The fourth-order valence-electron chi connectivity index (χ4n) is 3.22. The second-order valence-electron chi connectivity index (χ2n) is 7.10. The number of rotatable bonds is 7. The summed E-state index contributed by atoms with van der Waals surface area (Å²) < 4.78 is 5.96. The van der Waals surface area contributed by atoms with Crippen LogP contribution in [0.5, 0.6) is 0 Å². The zero-order chi connectivity index (χ0) is 20.9. The zero-order valence-electron chi connectivity index (χ0n) is 16.9. The fraction of sp³-hybridized carbons (Fsp3) is 0.167. The molecule has 0 spiro atoms. The molecule has 0 unspecified atom stereocenters. The number of amides is 1. The van der Waals surface area contributed by atoms with Crippen LogP contribution in [0.1, 0.15) is 32.8 Å². The van der Waals surface area contributed by atoms with Crippen LogP contribution in [-0.4, -0.2) is 15.8 Å². The maximum Gasteiger partial charge on any atom is 0.290 e. The Labute approximate surface area is 184 Å². The fourth-order valence-corrected chi connectivity index (χ4v) is 4.81. The lowest BCUT2D eigenvalue weighted by Gasteiger charge is -2.21. The van der Waals surface area contributed by atoms with E-state index in [1.165, 1.54) is 11.1 Å². The standard InChI is InChI=1S/C24H22N2O2S2/c1-17-5-3-6-18(2)23(17)30-22-9-8-21(28-22)24(27)26(15-20-10-12-29-16-20)14-19-7-4-11-25-13-19/h3-13,16H,14-15H2,1-2H3. The monoisotopic (exact) mass is 434 g/mol. The number of hydrogen-bond donors (Lipinski definition) is 0. The molecule has 0 atom stereocenters. The van der Waals surface area contributed by atoms with E-state index in [1.807, 2.05) is 35.7 Å². The summed E-state index contributed by atoms with van der Waals surface area (Å²) in [4.78, 5) is 20.4. The average Bonchev–Trinajstić information content (AvgIpc) is 3.43. The van der Waals surface area contributed by atoms with Gasteiger partial charge in [-0.1, -0.05) is 36.0 Å². The molecule has 1 aromatic carbocycles. The minimum atomic E-state index is -0.126. The number of pyridine rings is 1. The predicted molar refractivity (Wildman–Crippen MR) is 121 cm³/mol. The van der Waals surface area contributed by atoms with Gasteiger partial charge in [-0.2, -0.15) is 11.3 Å². The predicted octanol–water partition coefficient (Wildman–Crippen LogP) is 6.35. The second kappa shape index (κ2) is 9.32. The second-order valence-corrected chi connectivity index (χ2v) is 8.89. The van der Waals surface area contributed by atoms with Crippen LogP contribution in [0.2, 0.25) is 0 Å². The summed E-state index contributed by atoms with van der Waals surface area (Å²) >= 11 is 3.18. The van der Waals surface area contributed by atoms with Gasteiger partial charge in [0.2, 0.25) is 0 Å². The van der Waals surface area contributed by atoms with Gasteiger partial charge in [0.1, 0.15) is 0 Å². The highest BCUT2D eigenvalue weighted by Gasteiger charge is 2.21. The van der Waals surface area contributed by atoms with Crippen LogP contribution in [0.15, 0.2) is 86.1 Å². The van der Waals surface area contributed by atoms with Gasteiger partial charge in [-0.25, -0.2) is 0 Å². The van der Waals surface area contributed by atoms with Gasteiger partial charge in [-0.3, -0.25) is 9.78 Å². The first-order valence-corrected chi connectivity index (χ1v) is 11.4. The number of hydrogen-bond acceptors (Lipinski definition) is 5. The molecule has 0 aliphatic carbocycles. The number of aromatic nitrogens is 1. The number of carbonyl (C=O) groups excluding carboxylic acids is 1. The Balaban J connectivity index is 1.55. The van der Waals surface area contributed by atoms with Crippen molar-refractivity contribution in [2.24, 2.45) is 0 Å². The van der Waals surface area contributed by atoms with E-state index in [0.29, 0.717) is 23.9 Å². The summed E-state index contributed by atoms with van der Waals surface area (Å²) in [6.45, 7) is 5.17. The van der Waals surface area contributed by atoms with Crippen molar-refractivity contribution in [1.29, 1.82) is 0 Å². The lowest BCUT2D eigenvalue weighted by Crippen LogP contribution is -2.29. The summed E-state index contributed by atoms with van der Waals surface area (Å²) in [6.07, 6.45) is 3.52. The molecule has 6 heteroatoms. The molecular formula is C24H22N2O2S2. The molecule has 0 saturated carbocycles. The van der Waals surface area contributed by atoms with E-state index >= 15 is 0 Å². The molecule has 0 aliphatic rings. The van der Waals surface area contributed by atoms with Crippen LogP contribution in [0.25, 0.3) is 0 Å². The van der Waals surface area contributed by atoms with E-state index in [1.54, 1.807) is 46.5 Å². The first kappa shape index (κ1) is 20.4. The Kier molecular flexibility index (Phi) is 6.35. The molecule has 4 nitrogen and oxygen atoms in total. The van der Waals surface area contributed by atoms with E-state index in [4.69, 9.17) is 4.42 Å². The third kappa shape index (κ3) is 4.83. The molecule has 0 fully saturated rings. The van der Waals surface area contributed by atoms with Gasteiger partial charge in [0.25, 0.3) is 5.91 Å². The van der Waals surface area contributed by atoms with Crippen molar-refractivity contribution in [2.75, 3.05) is 0 Å². The minimum Gasteiger partial charge on any atom is -0.444 e. The number of thiophene rings is 1. The van der Waals surface area contributed by atoms with Gasteiger partial charge in [0.15, 0.2) is 10.9 Å². The third-order valence-electron chi connectivity index (χ3n) is 4.74. The first-order valence-electron chi connectivity index (χ1n) is 9.63. The molecule has 152 valence electrons. The molecule has 3 heterocycles. The molecule has 3 aromatic heterocycles. The Hall–Kier alpha value is -2.83. The van der Waals surface area contributed by atoms with Crippen molar-refractivity contribution in [1.82, 2.24) is 9.88 Å². The number of nitrogens with zero attached hydrogens (tertiary/aromatic N) is 2. The van der Waals surface area contributed by atoms with Gasteiger partial charge in [0, 0.05) is 30.4 Å². The summed E-state index contributed by atoms with van der Waals surface area (Å²) in [6, 6.07) is 15.8. The van der Waals surface area contributed by atoms with Crippen molar-refractivity contribution in [3.63, 3.8) is 0 Å². The highest BCUT2D eigenvalue weighted by atomic mass is 32.2. The summed E-state index contributed by atoms with van der Waals surface area (Å²) in [7, 11) is 0. The molecule has 0 aliphatic heterocycles. The normalized spacial score (nSPS) is 10.9. The summed E-state index contributed by atoms with van der Waals surface area (Å²) in [5.41, 5.74) is 4.48. The van der Waals surface area contributed by atoms with E-state index in [-0.39, 0.29) is 5.91 Å². The zero-order valence-corrected chi connectivity index (χ0v) is 18.5. The Morgan fingerprint density at radius 2 is 1.83 bits per heavy atom. The third-order valence-corrected chi connectivity index (χ3v) is 6.74. The molecular weight excluding hydrogens is 412 g/mol. The van der Waals surface area contributed by atoms with E-state index < -0.39 is 0 Å². The maximum absolute atomic E-state index is 13.3. The number of furan rings is 1. The topological polar surface area (TPSA) is 46.3 Å². The van der Waals surface area contributed by atoms with Crippen LogP contribution in [0.4, 0.5) is 0 Å². The molecule has 4 rings (SSSR count). The molecule has 1 amide bonds. The van der Waals surface area contributed by atoms with E-state index in [9.17, 15) is 4.79 Å². The van der Waals surface area contributed by atoms with Crippen LogP contribution in [0, 0.1) is 13.8 Å². The van der Waals surface area contributed by atoms with E-state index in [0.717, 1.165) is 16.0 Å². The van der Waals surface area contributed by atoms with Crippen LogP contribution in [0.3, 0.4) is 0 Å². The Morgan fingerprint density at radius 3 is 2.53 bits per heavy atom. The summed E-state index contributed by atoms with van der Waals surface area (Å²) in [5.74, 6) is 0.223. The highest BCUT2D eigenvalue weighted by molar-refractivity contribution is 7.99. The Bertz CT molecular complexity index is 1100. The lowest BCUT2D eigenvalue weighted by atomic mass is 10.2. The molecule has 0 N–H and O–H groups in total. The Morgan fingerprint density at radius 1 is 1.03 bits per heavy atom. The van der Waals surface area contributed by atoms with Crippen molar-refractivity contribution >= 4 is 29.0 Å². The maximum atomic E-state index is 13.3. The molecule has 4 aromatic rings. The van der Waals surface area contributed by atoms with Gasteiger partial charge < -0.3 is 9.32 Å². The molecule has 0 saturated heterocycles. The quantitative estimate of drug-likeness (QED) is 0.340. The number of aryl methyl sites for hydroxylation is 2. The lowest BCUT2D eigenvalue weighted by molar-refractivity contribution is 0.0692. The van der Waals surface area contributed by atoms with Crippen LogP contribution >= 0.6 is 23.1 Å². The number of carbonyl (C=O) groups is 1. The molecule has 0 bridgehead atoms. The van der Waals surface area contributed by atoms with Crippen LogP contribution in [-0.2, 0) is 13.1 Å². The SMILES string of the molecule is Cc1cccc(C)c1Sc1ccc(C(=O)N(Cc2cccnc2)Cc2ccsc2)o1. The smallest absolute Gasteiger partial charge is 0.290 e. The molecule has 0 radical (unpaired) electrons. The summed E-state index contributed by atoms with van der Waals surface area (Å²) in [5, 5.41) is 4.80. The average molecular weight is 435 g/mol. The van der Waals surface area contributed by atoms with Crippen molar-refractivity contribution in [3.8, 4) is 0 Å². The van der Waals surface area contributed by atoms with Gasteiger partial charge in [-0.05, 0) is 71.1 Å². The van der Waals surface area contributed by atoms with Crippen molar-refractivity contribution < 1.29 is 9.21 Å². The highest BCUT2D eigenvalue weighted by Crippen LogP contribution is 2.34. The van der Waals surface area contributed by atoms with Gasteiger partial charge in [-0.15, -0.1) is 0 Å². The van der Waals surface area contributed by atoms with Crippen molar-refractivity contribution in [2.45, 2.75) is 36.9 Å². The molecule has 30 heavy (non-hydrogen) atoms. The van der Waals surface area contributed by atoms with E-state index in [2.05, 4.69) is 36.3 Å². The largest absolute Gasteiger partial charge is 0.444 e.